The molecule has 0 spiro atoms. The number of likely N-dealkylation sites (tertiary alicyclic amines) is 2. The highest BCUT2D eigenvalue weighted by Crippen LogP contribution is 2.27. The van der Waals surface area contributed by atoms with Crippen LogP contribution in [0.2, 0.25) is 0 Å². The first-order valence-corrected chi connectivity index (χ1v) is 5.23. The van der Waals surface area contributed by atoms with Crippen LogP contribution in [-0.2, 0) is 14.3 Å². The van der Waals surface area contributed by atoms with E-state index in [4.69, 9.17) is 4.74 Å². The molecule has 0 aromatic carbocycles. The summed E-state index contributed by atoms with van der Waals surface area (Å²) in [5, 5.41) is 0. The molecule has 2 saturated heterocycles. The Morgan fingerprint density at radius 3 is 2.53 bits per heavy atom. The number of carbonyl (C=O) groups is 2. The smallest absolute Gasteiger partial charge is 0.323 e. The SMILES string of the molecule is COC(=O)C1CCN1C1CCN(C)C1=O. The van der Waals surface area contributed by atoms with Crippen molar-refractivity contribution in [1.82, 2.24) is 9.80 Å². The van der Waals surface area contributed by atoms with Gasteiger partial charge in [-0.1, -0.05) is 0 Å². The van der Waals surface area contributed by atoms with Crippen molar-refractivity contribution in [3.8, 4) is 0 Å². The normalized spacial score (nSPS) is 31.6. The largest absolute Gasteiger partial charge is 0.468 e. The van der Waals surface area contributed by atoms with E-state index < -0.39 is 0 Å². The minimum absolute atomic E-state index is 0.104. The van der Waals surface area contributed by atoms with Gasteiger partial charge in [-0.3, -0.25) is 14.5 Å². The third kappa shape index (κ3) is 1.61. The van der Waals surface area contributed by atoms with Crippen molar-refractivity contribution in [3.05, 3.63) is 0 Å². The van der Waals surface area contributed by atoms with Crippen LogP contribution in [0.3, 0.4) is 0 Å². The van der Waals surface area contributed by atoms with Crippen molar-refractivity contribution >= 4 is 11.9 Å². The van der Waals surface area contributed by atoms with E-state index in [1.807, 2.05) is 4.90 Å². The van der Waals surface area contributed by atoms with Gasteiger partial charge in [0.25, 0.3) is 0 Å². The molecule has 0 aromatic heterocycles. The van der Waals surface area contributed by atoms with Crippen LogP contribution in [0, 0.1) is 0 Å². The Labute approximate surface area is 89.0 Å². The summed E-state index contributed by atoms with van der Waals surface area (Å²) in [6.07, 6.45) is 1.63. The standard InChI is InChI=1S/C10H16N2O3/c1-11-5-3-7(9(11)13)12-6-4-8(12)10(14)15-2/h7-8H,3-6H2,1-2H3. The van der Waals surface area contributed by atoms with E-state index in [1.165, 1.54) is 7.11 Å². The summed E-state index contributed by atoms with van der Waals surface area (Å²) in [5.41, 5.74) is 0. The molecule has 0 bridgehead atoms. The van der Waals surface area contributed by atoms with Crippen LogP contribution in [0.1, 0.15) is 12.8 Å². The van der Waals surface area contributed by atoms with E-state index in [9.17, 15) is 9.59 Å². The summed E-state index contributed by atoms with van der Waals surface area (Å²) in [6.45, 7) is 1.61. The van der Waals surface area contributed by atoms with Crippen molar-refractivity contribution in [2.45, 2.75) is 24.9 Å². The Bertz CT molecular complexity index is 292. The van der Waals surface area contributed by atoms with E-state index in [0.29, 0.717) is 0 Å². The molecule has 2 rings (SSSR count). The van der Waals surface area contributed by atoms with E-state index >= 15 is 0 Å². The van der Waals surface area contributed by atoms with Crippen LogP contribution in [-0.4, -0.2) is 61.0 Å². The highest BCUT2D eigenvalue weighted by Gasteiger charge is 2.45. The molecule has 1 amide bonds. The zero-order valence-corrected chi connectivity index (χ0v) is 9.10. The van der Waals surface area contributed by atoms with Crippen molar-refractivity contribution < 1.29 is 14.3 Å². The molecule has 0 saturated carbocycles. The Morgan fingerprint density at radius 1 is 1.40 bits per heavy atom. The van der Waals surface area contributed by atoms with Crippen LogP contribution < -0.4 is 0 Å². The zero-order chi connectivity index (χ0) is 11.0. The second-order valence-electron chi connectivity index (χ2n) is 4.13. The molecule has 2 heterocycles. The molecule has 0 radical (unpaired) electrons. The van der Waals surface area contributed by atoms with Gasteiger partial charge in [-0.25, -0.2) is 0 Å². The first-order chi connectivity index (χ1) is 7.15. The first-order valence-electron chi connectivity index (χ1n) is 5.23. The van der Waals surface area contributed by atoms with Crippen molar-refractivity contribution in [2.75, 3.05) is 27.2 Å². The Balaban J connectivity index is 2.00. The molecule has 2 unspecified atom stereocenters. The van der Waals surface area contributed by atoms with Gasteiger partial charge in [0.05, 0.1) is 13.2 Å². The molecule has 2 fully saturated rings. The van der Waals surface area contributed by atoms with Gasteiger partial charge in [-0.05, 0) is 12.8 Å². The second kappa shape index (κ2) is 3.81. The van der Waals surface area contributed by atoms with Gasteiger partial charge in [0.15, 0.2) is 0 Å². The molecular weight excluding hydrogens is 196 g/mol. The Hall–Kier alpha value is -1.10. The number of rotatable bonds is 2. The summed E-state index contributed by atoms with van der Waals surface area (Å²) in [5.74, 6) is -0.0905. The fourth-order valence-electron chi connectivity index (χ4n) is 2.28. The molecule has 5 nitrogen and oxygen atoms in total. The van der Waals surface area contributed by atoms with Gasteiger partial charge in [-0.2, -0.15) is 0 Å². The lowest BCUT2D eigenvalue weighted by Crippen LogP contribution is -2.59. The average Bonchev–Trinajstić information content (AvgIpc) is 2.48. The Morgan fingerprint density at radius 2 is 2.13 bits per heavy atom. The zero-order valence-electron chi connectivity index (χ0n) is 9.10. The minimum atomic E-state index is -0.219. The average molecular weight is 212 g/mol. The molecule has 0 aliphatic carbocycles. The number of esters is 1. The molecular formula is C10H16N2O3. The number of nitrogens with zero attached hydrogens (tertiary/aromatic N) is 2. The molecule has 2 aliphatic heterocycles. The van der Waals surface area contributed by atoms with Crippen LogP contribution in [0.25, 0.3) is 0 Å². The topological polar surface area (TPSA) is 49.9 Å². The summed E-state index contributed by atoms with van der Waals surface area (Å²) in [7, 11) is 3.19. The van der Waals surface area contributed by atoms with E-state index in [-0.39, 0.29) is 24.0 Å². The maximum absolute atomic E-state index is 11.7. The van der Waals surface area contributed by atoms with Gasteiger partial charge in [0, 0.05) is 20.1 Å². The molecule has 84 valence electrons. The number of hydrogen-bond donors (Lipinski definition) is 0. The van der Waals surface area contributed by atoms with Crippen LogP contribution in [0.15, 0.2) is 0 Å². The number of ether oxygens (including phenoxy) is 1. The van der Waals surface area contributed by atoms with Gasteiger partial charge in [-0.15, -0.1) is 0 Å². The van der Waals surface area contributed by atoms with Crippen LogP contribution >= 0.6 is 0 Å². The first kappa shape index (κ1) is 10.4. The fourth-order valence-corrected chi connectivity index (χ4v) is 2.28. The van der Waals surface area contributed by atoms with E-state index in [1.54, 1.807) is 11.9 Å². The molecule has 0 aromatic rings. The maximum atomic E-state index is 11.7. The fraction of sp³-hybridized carbons (Fsp3) is 0.800. The second-order valence-corrected chi connectivity index (χ2v) is 4.13. The lowest BCUT2D eigenvalue weighted by molar-refractivity contribution is -0.155. The van der Waals surface area contributed by atoms with Crippen molar-refractivity contribution in [1.29, 1.82) is 0 Å². The monoisotopic (exact) mass is 212 g/mol. The van der Waals surface area contributed by atoms with Gasteiger partial charge in [0.2, 0.25) is 5.91 Å². The highest BCUT2D eigenvalue weighted by atomic mass is 16.5. The number of methoxy groups -OCH3 is 1. The van der Waals surface area contributed by atoms with Crippen molar-refractivity contribution in [2.24, 2.45) is 0 Å². The number of amides is 1. The molecule has 2 atom stereocenters. The maximum Gasteiger partial charge on any atom is 0.323 e. The number of hydrogen-bond acceptors (Lipinski definition) is 4. The summed E-state index contributed by atoms with van der Waals surface area (Å²) in [4.78, 5) is 26.8. The van der Waals surface area contributed by atoms with E-state index in [0.717, 1.165) is 25.9 Å². The minimum Gasteiger partial charge on any atom is -0.468 e. The van der Waals surface area contributed by atoms with E-state index in [2.05, 4.69) is 0 Å². The highest BCUT2D eigenvalue weighted by molar-refractivity contribution is 5.85. The number of carbonyl (C=O) groups excluding carboxylic acids is 2. The lowest BCUT2D eigenvalue weighted by Gasteiger charge is -2.41. The van der Waals surface area contributed by atoms with Gasteiger partial charge >= 0.3 is 5.97 Å². The summed E-state index contributed by atoms with van der Waals surface area (Å²) >= 11 is 0. The third-order valence-electron chi connectivity index (χ3n) is 3.33. The molecule has 5 heteroatoms. The van der Waals surface area contributed by atoms with Crippen LogP contribution in [0.4, 0.5) is 0 Å². The summed E-state index contributed by atoms with van der Waals surface area (Å²) < 4.78 is 4.70. The quantitative estimate of drug-likeness (QED) is 0.577. The lowest BCUT2D eigenvalue weighted by atomic mass is 9.99. The van der Waals surface area contributed by atoms with Crippen LogP contribution in [0.5, 0.6) is 0 Å². The molecule has 15 heavy (non-hydrogen) atoms. The molecule has 2 aliphatic rings. The van der Waals surface area contributed by atoms with Gasteiger partial charge < -0.3 is 9.64 Å². The van der Waals surface area contributed by atoms with Crippen molar-refractivity contribution in [3.63, 3.8) is 0 Å². The van der Waals surface area contributed by atoms with Gasteiger partial charge in [0.1, 0.15) is 6.04 Å². The predicted molar refractivity (Wildman–Crippen MR) is 53.2 cm³/mol. The Kier molecular flexibility index (Phi) is 2.65. The molecule has 0 N–H and O–H groups in total. The third-order valence-corrected chi connectivity index (χ3v) is 3.33. The number of likely N-dealkylation sites (N-methyl/N-ethyl adjacent to an activating group) is 1. The predicted octanol–water partition coefficient (Wildman–Crippen LogP) is -0.536. The summed E-state index contributed by atoms with van der Waals surface area (Å²) in [6, 6.07) is -0.303.